The first-order chi connectivity index (χ1) is 8.88. The summed E-state index contributed by atoms with van der Waals surface area (Å²) in [4.78, 5) is 11.4. The summed E-state index contributed by atoms with van der Waals surface area (Å²) < 4.78 is 31.3. The Kier molecular flexibility index (Phi) is 4.47. The van der Waals surface area contributed by atoms with Crippen LogP contribution in [0.1, 0.15) is 26.7 Å². The van der Waals surface area contributed by atoms with Crippen LogP contribution < -0.4 is 5.32 Å². The molecular formula is C12H22N2O4S. The Labute approximate surface area is 114 Å². The quantitative estimate of drug-likeness (QED) is 0.770. The Hall–Kier alpha value is -0.660. The van der Waals surface area contributed by atoms with Gasteiger partial charge in [-0.15, -0.1) is 0 Å². The van der Waals surface area contributed by atoms with E-state index in [4.69, 9.17) is 4.74 Å². The topological polar surface area (TPSA) is 75.7 Å². The second kappa shape index (κ2) is 5.76. The Morgan fingerprint density at radius 1 is 1.26 bits per heavy atom. The molecule has 2 fully saturated rings. The lowest BCUT2D eigenvalue weighted by Crippen LogP contribution is -2.49. The molecule has 0 bridgehead atoms. The van der Waals surface area contributed by atoms with Gasteiger partial charge in [-0.1, -0.05) is 0 Å². The zero-order chi connectivity index (χ0) is 14.0. The van der Waals surface area contributed by atoms with E-state index in [1.165, 1.54) is 4.31 Å². The van der Waals surface area contributed by atoms with E-state index >= 15 is 0 Å². The van der Waals surface area contributed by atoms with Crippen LogP contribution in [-0.4, -0.2) is 56.2 Å². The molecule has 0 aromatic heterocycles. The fourth-order valence-electron chi connectivity index (χ4n) is 2.28. The van der Waals surface area contributed by atoms with Crippen molar-refractivity contribution in [2.75, 3.05) is 25.4 Å². The van der Waals surface area contributed by atoms with E-state index in [0.29, 0.717) is 13.1 Å². The number of sulfonamides is 1. The summed E-state index contributed by atoms with van der Waals surface area (Å²) in [6.07, 6.45) is 1.69. The highest BCUT2D eigenvalue weighted by Gasteiger charge is 2.32. The molecule has 19 heavy (non-hydrogen) atoms. The summed E-state index contributed by atoms with van der Waals surface area (Å²) in [7, 11) is -3.31. The van der Waals surface area contributed by atoms with E-state index in [-0.39, 0.29) is 36.3 Å². The van der Waals surface area contributed by atoms with Crippen molar-refractivity contribution in [3.8, 4) is 0 Å². The molecule has 6 nitrogen and oxygen atoms in total. The number of rotatable bonds is 5. The van der Waals surface area contributed by atoms with Crippen LogP contribution in [0.5, 0.6) is 0 Å². The van der Waals surface area contributed by atoms with Crippen LogP contribution in [0.3, 0.4) is 0 Å². The molecule has 1 saturated heterocycles. The van der Waals surface area contributed by atoms with Gasteiger partial charge in [0.05, 0.1) is 18.0 Å². The molecule has 1 aliphatic heterocycles. The molecule has 1 saturated carbocycles. The highest BCUT2D eigenvalue weighted by Crippen LogP contribution is 2.28. The van der Waals surface area contributed by atoms with Crippen molar-refractivity contribution in [3.05, 3.63) is 0 Å². The molecule has 1 aliphatic carbocycles. The maximum Gasteiger partial charge on any atom is 0.223 e. The third-order valence-electron chi connectivity index (χ3n) is 3.39. The number of morpholine rings is 1. The Bertz CT molecular complexity index is 423. The summed E-state index contributed by atoms with van der Waals surface area (Å²) in [5.74, 6) is 0.0651. The van der Waals surface area contributed by atoms with E-state index in [2.05, 4.69) is 5.32 Å². The van der Waals surface area contributed by atoms with Crippen LogP contribution in [0.2, 0.25) is 0 Å². The first-order valence-corrected chi connectivity index (χ1v) is 8.40. The summed E-state index contributed by atoms with van der Waals surface area (Å²) >= 11 is 0. The van der Waals surface area contributed by atoms with Gasteiger partial charge in [-0.3, -0.25) is 4.79 Å². The van der Waals surface area contributed by atoms with Gasteiger partial charge >= 0.3 is 0 Å². The Morgan fingerprint density at radius 3 is 2.37 bits per heavy atom. The molecular weight excluding hydrogens is 268 g/mol. The molecule has 0 spiro atoms. The third-order valence-corrected chi connectivity index (χ3v) is 5.19. The largest absolute Gasteiger partial charge is 0.373 e. The van der Waals surface area contributed by atoms with Gasteiger partial charge in [0.1, 0.15) is 0 Å². The summed E-state index contributed by atoms with van der Waals surface area (Å²) in [5.41, 5.74) is 0. The molecule has 0 aromatic carbocycles. The van der Waals surface area contributed by atoms with E-state index < -0.39 is 10.0 Å². The first-order valence-electron chi connectivity index (χ1n) is 6.79. The Balaban J connectivity index is 1.81. The minimum atomic E-state index is -3.31. The summed E-state index contributed by atoms with van der Waals surface area (Å²) in [5, 5.41) is 2.69. The zero-order valence-electron chi connectivity index (χ0n) is 11.5. The van der Waals surface area contributed by atoms with Crippen molar-refractivity contribution in [1.82, 2.24) is 9.62 Å². The monoisotopic (exact) mass is 290 g/mol. The molecule has 7 heteroatoms. The van der Waals surface area contributed by atoms with Crippen LogP contribution in [0, 0.1) is 5.92 Å². The molecule has 0 aromatic rings. The van der Waals surface area contributed by atoms with Gasteiger partial charge < -0.3 is 10.1 Å². The number of nitrogens with one attached hydrogen (secondary N) is 1. The average Bonchev–Trinajstić information content (AvgIpc) is 3.10. The molecule has 1 N–H and O–H groups in total. The summed E-state index contributed by atoms with van der Waals surface area (Å²) in [6, 6.07) is 0. The average molecular weight is 290 g/mol. The second-order valence-electron chi connectivity index (χ2n) is 5.46. The van der Waals surface area contributed by atoms with Crippen LogP contribution in [0.15, 0.2) is 0 Å². The number of carbonyl (C=O) groups is 1. The number of amides is 1. The fraction of sp³-hybridized carbons (Fsp3) is 0.917. The second-order valence-corrected chi connectivity index (χ2v) is 7.54. The number of hydrogen-bond donors (Lipinski definition) is 1. The maximum absolute atomic E-state index is 12.2. The van der Waals surface area contributed by atoms with E-state index in [0.717, 1.165) is 12.8 Å². The lowest BCUT2D eigenvalue weighted by Gasteiger charge is -2.34. The molecule has 2 aliphatic rings. The van der Waals surface area contributed by atoms with Gasteiger partial charge in [0, 0.05) is 25.6 Å². The minimum Gasteiger partial charge on any atom is -0.373 e. The molecule has 2 atom stereocenters. The number of nitrogens with zero attached hydrogens (tertiary/aromatic N) is 1. The first kappa shape index (κ1) is 14.7. The highest BCUT2D eigenvalue weighted by molar-refractivity contribution is 7.89. The number of carbonyl (C=O) groups excluding carboxylic acids is 1. The predicted molar refractivity (Wildman–Crippen MR) is 71.1 cm³/mol. The van der Waals surface area contributed by atoms with Gasteiger partial charge in [-0.25, -0.2) is 8.42 Å². The third kappa shape index (κ3) is 4.15. The smallest absolute Gasteiger partial charge is 0.223 e. The van der Waals surface area contributed by atoms with Gasteiger partial charge in [-0.05, 0) is 26.7 Å². The molecule has 2 unspecified atom stereocenters. The van der Waals surface area contributed by atoms with Crippen molar-refractivity contribution in [2.24, 2.45) is 5.92 Å². The van der Waals surface area contributed by atoms with Gasteiger partial charge in [-0.2, -0.15) is 4.31 Å². The molecule has 2 rings (SSSR count). The van der Waals surface area contributed by atoms with Crippen LogP contribution in [0.25, 0.3) is 0 Å². The van der Waals surface area contributed by atoms with Crippen molar-refractivity contribution in [3.63, 3.8) is 0 Å². The Morgan fingerprint density at radius 2 is 1.84 bits per heavy atom. The van der Waals surface area contributed by atoms with Crippen molar-refractivity contribution < 1.29 is 17.9 Å². The van der Waals surface area contributed by atoms with E-state index in [1.807, 2.05) is 13.8 Å². The zero-order valence-corrected chi connectivity index (χ0v) is 12.3. The normalized spacial score (nSPS) is 29.2. The lowest BCUT2D eigenvalue weighted by molar-refractivity contribution is -0.122. The highest BCUT2D eigenvalue weighted by atomic mass is 32.2. The summed E-state index contributed by atoms with van der Waals surface area (Å²) in [6.45, 7) is 4.71. The van der Waals surface area contributed by atoms with Crippen molar-refractivity contribution >= 4 is 15.9 Å². The maximum atomic E-state index is 12.2. The van der Waals surface area contributed by atoms with E-state index in [9.17, 15) is 13.2 Å². The van der Waals surface area contributed by atoms with Gasteiger partial charge in [0.15, 0.2) is 0 Å². The van der Waals surface area contributed by atoms with E-state index in [1.54, 1.807) is 0 Å². The van der Waals surface area contributed by atoms with Gasteiger partial charge in [0.25, 0.3) is 0 Å². The fourth-order valence-corrected chi connectivity index (χ4v) is 3.77. The minimum absolute atomic E-state index is 0.0149. The predicted octanol–water partition coefficient (Wildman–Crippen LogP) is -0.0484. The van der Waals surface area contributed by atoms with Crippen LogP contribution >= 0.6 is 0 Å². The van der Waals surface area contributed by atoms with Crippen LogP contribution in [0.4, 0.5) is 0 Å². The number of ether oxygens (including phenoxy) is 1. The number of hydrogen-bond acceptors (Lipinski definition) is 4. The SMILES string of the molecule is CC1CN(S(=O)(=O)CCNC(=O)C2CC2)CC(C)O1. The molecule has 1 amide bonds. The lowest BCUT2D eigenvalue weighted by atomic mass is 10.3. The van der Waals surface area contributed by atoms with Crippen molar-refractivity contribution in [2.45, 2.75) is 38.9 Å². The molecule has 0 radical (unpaired) electrons. The van der Waals surface area contributed by atoms with Gasteiger partial charge in [0.2, 0.25) is 15.9 Å². The van der Waals surface area contributed by atoms with Crippen LogP contribution in [-0.2, 0) is 19.6 Å². The molecule has 110 valence electrons. The molecule has 1 heterocycles. The van der Waals surface area contributed by atoms with Crippen molar-refractivity contribution in [1.29, 1.82) is 0 Å². The standard InChI is InChI=1S/C12H22N2O4S/c1-9-7-14(8-10(2)18-9)19(16,17)6-5-13-12(15)11-3-4-11/h9-11H,3-8H2,1-2H3,(H,13,15).